The van der Waals surface area contributed by atoms with Gasteiger partial charge in [0.1, 0.15) is 5.65 Å². The van der Waals surface area contributed by atoms with E-state index in [4.69, 9.17) is 4.98 Å². The fraction of sp³-hybridized carbons (Fsp3) is 0.462. The molecule has 0 N–H and O–H groups in total. The minimum Gasteiger partial charge on any atom is -0.304 e. The Labute approximate surface area is 90.0 Å². The number of hydrogen-bond acceptors (Lipinski definition) is 1. The molecule has 2 nitrogen and oxygen atoms in total. The molecular weight excluding hydrogens is 184 g/mol. The first-order valence-corrected chi connectivity index (χ1v) is 5.90. The SMILES string of the molecule is c1ccn2c3c(nc2c1)CCCCCC3. The van der Waals surface area contributed by atoms with Crippen LogP contribution in [-0.2, 0) is 12.8 Å². The van der Waals surface area contributed by atoms with Gasteiger partial charge in [-0.25, -0.2) is 4.98 Å². The first kappa shape index (κ1) is 8.96. The lowest BCUT2D eigenvalue weighted by Crippen LogP contribution is -2.00. The van der Waals surface area contributed by atoms with Crippen molar-refractivity contribution in [2.24, 2.45) is 0 Å². The zero-order valence-corrected chi connectivity index (χ0v) is 8.95. The summed E-state index contributed by atoms with van der Waals surface area (Å²) in [6.07, 6.45) is 9.86. The molecule has 78 valence electrons. The smallest absolute Gasteiger partial charge is 0.137 e. The standard InChI is InChI=1S/C13H16N2/c1-2-4-8-12-11(7-3-1)14-13-9-5-6-10-15(12)13/h5-6,9-10H,1-4,7-8H2. The number of pyridine rings is 1. The summed E-state index contributed by atoms with van der Waals surface area (Å²) in [5.74, 6) is 0. The second-order valence-corrected chi connectivity index (χ2v) is 4.35. The van der Waals surface area contributed by atoms with Crippen molar-refractivity contribution in [3.8, 4) is 0 Å². The molecule has 0 bridgehead atoms. The lowest BCUT2D eigenvalue weighted by atomic mass is 10.0. The van der Waals surface area contributed by atoms with Gasteiger partial charge in [-0.05, 0) is 37.8 Å². The quantitative estimate of drug-likeness (QED) is 0.639. The molecule has 2 aromatic heterocycles. The molecule has 0 aromatic carbocycles. The van der Waals surface area contributed by atoms with Gasteiger partial charge in [0, 0.05) is 11.9 Å². The Bertz CT molecular complexity index is 470. The van der Waals surface area contributed by atoms with E-state index in [1.165, 1.54) is 43.5 Å². The van der Waals surface area contributed by atoms with Crippen LogP contribution >= 0.6 is 0 Å². The summed E-state index contributed by atoms with van der Waals surface area (Å²) in [5.41, 5.74) is 3.90. The molecule has 2 aromatic rings. The number of nitrogens with zero attached hydrogens (tertiary/aromatic N) is 2. The van der Waals surface area contributed by atoms with Crippen molar-refractivity contribution in [3.05, 3.63) is 35.8 Å². The molecule has 0 saturated carbocycles. The fourth-order valence-corrected chi connectivity index (χ4v) is 2.50. The normalized spacial score (nSPS) is 17.1. The lowest BCUT2D eigenvalue weighted by molar-refractivity contribution is 0.605. The number of aromatic nitrogens is 2. The molecule has 2 heterocycles. The maximum Gasteiger partial charge on any atom is 0.137 e. The minimum atomic E-state index is 1.12. The maximum absolute atomic E-state index is 4.72. The summed E-state index contributed by atoms with van der Waals surface area (Å²) < 4.78 is 2.26. The topological polar surface area (TPSA) is 17.3 Å². The van der Waals surface area contributed by atoms with Gasteiger partial charge < -0.3 is 4.40 Å². The van der Waals surface area contributed by atoms with E-state index in [0.717, 1.165) is 12.1 Å². The highest BCUT2D eigenvalue weighted by atomic mass is 15.0. The Morgan fingerprint density at radius 2 is 1.87 bits per heavy atom. The van der Waals surface area contributed by atoms with Gasteiger partial charge >= 0.3 is 0 Å². The predicted octanol–water partition coefficient (Wildman–Crippen LogP) is 2.99. The summed E-state index contributed by atoms with van der Waals surface area (Å²) in [6.45, 7) is 0. The molecule has 0 aliphatic heterocycles. The van der Waals surface area contributed by atoms with Crippen molar-refractivity contribution in [3.63, 3.8) is 0 Å². The second-order valence-electron chi connectivity index (χ2n) is 4.35. The molecule has 15 heavy (non-hydrogen) atoms. The summed E-state index contributed by atoms with van der Waals surface area (Å²) in [5, 5.41) is 0. The highest BCUT2D eigenvalue weighted by molar-refractivity contribution is 5.43. The fourth-order valence-electron chi connectivity index (χ4n) is 2.50. The average Bonchev–Trinajstić information content (AvgIpc) is 2.55. The summed E-state index contributed by atoms with van der Waals surface area (Å²) in [6, 6.07) is 6.26. The van der Waals surface area contributed by atoms with Crippen LogP contribution < -0.4 is 0 Å². The second kappa shape index (κ2) is 3.69. The number of hydrogen-bond donors (Lipinski definition) is 0. The van der Waals surface area contributed by atoms with Gasteiger partial charge in [-0.15, -0.1) is 0 Å². The molecule has 0 spiro atoms. The van der Waals surface area contributed by atoms with Crippen LogP contribution in [0.15, 0.2) is 24.4 Å². The van der Waals surface area contributed by atoms with Crippen LogP contribution in [-0.4, -0.2) is 9.38 Å². The molecule has 0 fully saturated rings. The molecule has 3 rings (SSSR count). The van der Waals surface area contributed by atoms with E-state index in [1.807, 2.05) is 0 Å². The third kappa shape index (κ3) is 1.54. The van der Waals surface area contributed by atoms with E-state index >= 15 is 0 Å². The number of rotatable bonds is 0. The molecule has 1 aliphatic rings. The number of fused-ring (bicyclic) bond motifs is 3. The zero-order chi connectivity index (χ0) is 10.1. The monoisotopic (exact) mass is 200 g/mol. The Morgan fingerprint density at radius 1 is 1.00 bits per heavy atom. The summed E-state index contributed by atoms with van der Waals surface area (Å²) in [4.78, 5) is 4.72. The van der Waals surface area contributed by atoms with Crippen LogP contribution in [0.5, 0.6) is 0 Å². The van der Waals surface area contributed by atoms with Crippen LogP contribution in [0.25, 0.3) is 5.65 Å². The van der Waals surface area contributed by atoms with E-state index in [-0.39, 0.29) is 0 Å². The van der Waals surface area contributed by atoms with Crippen molar-refractivity contribution in [1.29, 1.82) is 0 Å². The van der Waals surface area contributed by atoms with Crippen LogP contribution in [0.3, 0.4) is 0 Å². The van der Waals surface area contributed by atoms with E-state index < -0.39 is 0 Å². The van der Waals surface area contributed by atoms with Crippen LogP contribution in [0.4, 0.5) is 0 Å². The molecule has 2 heteroatoms. The van der Waals surface area contributed by atoms with Gasteiger partial charge in [0.15, 0.2) is 0 Å². The zero-order valence-electron chi connectivity index (χ0n) is 8.95. The lowest BCUT2D eigenvalue weighted by Gasteiger charge is -2.08. The van der Waals surface area contributed by atoms with Gasteiger partial charge in [-0.2, -0.15) is 0 Å². The Hall–Kier alpha value is -1.31. The Morgan fingerprint density at radius 3 is 2.80 bits per heavy atom. The van der Waals surface area contributed by atoms with Gasteiger partial charge in [-0.3, -0.25) is 0 Å². The summed E-state index contributed by atoms with van der Waals surface area (Å²) >= 11 is 0. The largest absolute Gasteiger partial charge is 0.304 e. The van der Waals surface area contributed by atoms with E-state index in [2.05, 4.69) is 28.8 Å². The minimum absolute atomic E-state index is 1.12. The van der Waals surface area contributed by atoms with Crippen LogP contribution in [0.2, 0.25) is 0 Å². The van der Waals surface area contributed by atoms with Gasteiger partial charge in [0.05, 0.1) is 5.69 Å². The first-order valence-electron chi connectivity index (χ1n) is 5.90. The third-order valence-electron chi connectivity index (χ3n) is 3.29. The van der Waals surface area contributed by atoms with Crippen molar-refractivity contribution in [2.45, 2.75) is 38.5 Å². The molecule has 1 aliphatic carbocycles. The van der Waals surface area contributed by atoms with Crippen molar-refractivity contribution < 1.29 is 0 Å². The predicted molar refractivity (Wildman–Crippen MR) is 61.1 cm³/mol. The van der Waals surface area contributed by atoms with Crippen molar-refractivity contribution in [1.82, 2.24) is 9.38 Å². The Balaban J connectivity index is 2.15. The van der Waals surface area contributed by atoms with Crippen LogP contribution in [0.1, 0.15) is 37.1 Å². The van der Waals surface area contributed by atoms with Crippen LogP contribution in [0, 0.1) is 0 Å². The van der Waals surface area contributed by atoms with Gasteiger partial charge in [-0.1, -0.05) is 18.9 Å². The number of aryl methyl sites for hydroxylation is 2. The van der Waals surface area contributed by atoms with Crippen molar-refractivity contribution >= 4 is 5.65 Å². The third-order valence-corrected chi connectivity index (χ3v) is 3.29. The highest BCUT2D eigenvalue weighted by Crippen LogP contribution is 2.20. The average molecular weight is 200 g/mol. The molecular formula is C13H16N2. The maximum atomic E-state index is 4.72. The first-order chi connectivity index (χ1) is 7.45. The van der Waals surface area contributed by atoms with Gasteiger partial charge in [0.25, 0.3) is 0 Å². The van der Waals surface area contributed by atoms with E-state index in [9.17, 15) is 0 Å². The summed E-state index contributed by atoms with van der Waals surface area (Å²) in [7, 11) is 0. The van der Waals surface area contributed by atoms with E-state index in [1.54, 1.807) is 0 Å². The molecule has 0 saturated heterocycles. The molecule has 0 amide bonds. The van der Waals surface area contributed by atoms with Gasteiger partial charge in [0.2, 0.25) is 0 Å². The molecule has 0 radical (unpaired) electrons. The number of imidazole rings is 1. The van der Waals surface area contributed by atoms with E-state index in [0.29, 0.717) is 0 Å². The molecule has 0 atom stereocenters. The highest BCUT2D eigenvalue weighted by Gasteiger charge is 2.12. The van der Waals surface area contributed by atoms with Crippen molar-refractivity contribution in [2.75, 3.05) is 0 Å². The molecule has 0 unspecified atom stereocenters. The Kier molecular flexibility index (Phi) is 2.20.